The van der Waals surface area contributed by atoms with Gasteiger partial charge in [0.15, 0.2) is 0 Å². The zero-order valence-corrected chi connectivity index (χ0v) is 11.5. The van der Waals surface area contributed by atoms with Crippen molar-refractivity contribution in [3.8, 4) is 0 Å². The molecule has 0 aliphatic carbocycles. The fraction of sp³-hybridized carbons (Fsp3) is 0.917. The summed E-state index contributed by atoms with van der Waals surface area (Å²) in [7, 11) is 0. The van der Waals surface area contributed by atoms with Gasteiger partial charge in [-0.2, -0.15) is 0 Å². The van der Waals surface area contributed by atoms with Crippen molar-refractivity contribution in [3.63, 3.8) is 0 Å². The molecule has 0 saturated carbocycles. The van der Waals surface area contributed by atoms with Crippen molar-refractivity contribution in [1.29, 1.82) is 0 Å². The van der Waals surface area contributed by atoms with Gasteiger partial charge in [0.25, 0.3) is 0 Å². The van der Waals surface area contributed by atoms with Crippen LogP contribution < -0.4 is 5.32 Å². The van der Waals surface area contributed by atoms with E-state index in [1.165, 1.54) is 0 Å². The van der Waals surface area contributed by atoms with Gasteiger partial charge >= 0.3 is 5.97 Å². The van der Waals surface area contributed by atoms with E-state index in [-0.39, 0.29) is 16.6 Å². The summed E-state index contributed by atoms with van der Waals surface area (Å²) in [5.41, 5.74) is 0. The van der Waals surface area contributed by atoms with Crippen LogP contribution in [0.3, 0.4) is 0 Å². The smallest absolute Gasteiger partial charge is 0.308 e. The molecule has 1 unspecified atom stereocenters. The summed E-state index contributed by atoms with van der Waals surface area (Å²) in [4.78, 5) is 11.5. The molecule has 0 spiro atoms. The number of rotatable bonds is 5. The lowest BCUT2D eigenvalue weighted by atomic mass is 10.1. The predicted octanol–water partition coefficient (Wildman–Crippen LogP) is 2.06. The van der Waals surface area contributed by atoms with Crippen LogP contribution in [-0.2, 0) is 9.53 Å². The highest BCUT2D eigenvalue weighted by atomic mass is 32.2. The van der Waals surface area contributed by atoms with Crippen LogP contribution in [0.1, 0.15) is 34.1 Å². The van der Waals surface area contributed by atoms with Gasteiger partial charge in [-0.05, 0) is 18.2 Å². The van der Waals surface area contributed by atoms with E-state index in [0.29, 0.717) is 11.9 Å². The lowest BCUT2D eigenvalue weighted by Gasteiger charge is -2.29. The number of hydrogen-bond donors (Lipinski definition) is 1. The first-order valence-corrected chi connectivity index (χ1v) is 6.88. The number of carbonyl (C=O) groups is 1. The molecule has 1 heterocycles. The number of ether oxygens (including phenoxy) is 1. The molecule has 0 radical (unpaired) electrons. The van der Waals surface area contributed by atoms with Gasteiger partial charge in [0.2, 0.25) is 0 Å². The molecule has 1 N–H and O–H groups in total. The zero-order valence-electron chi connectivity index (χ0n) is 10.7. The van der Waals surface area contributed by atoms with Crippen molar-refractivity contribution in [1.82, 2.24) is 5.32 Å². The normalized spacial score (nSPS) is 25.4. The summed E-state index contributed by atoms with van der Waals surface area (Å²) in [5, 5.41) is 3.93. The average molecular weight is 245 g/mol. The van der Waals surface area contributed by atoms with Gasteiger partial charge in [-0.1, -0.05) is 27.7 Å². The molecule has 94 valence electrons. The standard InChI is InChI=1S/C12H23NO2S/c1-9(2)11(14)15-8-12(16-10(3)4)5-6-13-7-12/h9-10,13H,5-8H2,1-4H3. The minimum Gasteiger partial charge on any atom is -0.464 e. The Bertz CT molecular complexity index is 235. The molecule has 0 bridgehead atoms. The molecule has 1 aliphatic heterocycles. The Hall–Kier alpha value is -0.220. The van der Waals surface area contributed by atoms with Crippen LogP contribution in [0.5, 0.6) is 0 Å². The molecular formula is C12H23NO2S. The van der Waals surface area contributed by atoms with E-state index in [0.717, 1.165) is 19.5 Å². The van der Waals surface area contributed by atoms with Crippen LogP contribution in [0.4, 0.5) is 0 Å². The molecule has 0 aromatic heterocycles. The van der Waals surface area contributed by atoms with Crippen LogP contribution in [0.15, 0.2) is 0 Å². The Morgan fingerprint density at radius 2 is 2.12 bits per heavy atom. The molecule has 3 nitrogen and oxygen atoms in total. The number of esters is 1. The van der Waals surface area contributed by atoms with Crippen molar-refractivity contribution in [3.05, 3.63) is 0 Å². The summed E-state index contributed by atoms with van der Waals surface area (Å²) in [6.07, 6.45) is 1.08. The van der Waals surface area contributed by atoms with E-state index in [1.807, 2.05) is 25.6 Å². The second-order valence-electron chi connectivity index (χ2n) is 5.04. The third-order valence-corrected chi connectivity index (χ3v) is 4.08. The largest absolute Gasteiger partial charge is 0.464 e. The SMILES string of the molecule is CC(C)SC1(COC(=O)C(C)C)CCNC1. The summed E-state index contributed by atoms with van der Waals surface area (Å²) < 4.78 is 5.49. The topological polar surface area (TPSA) is 38.3 Å². The Morgan fingerprint density at radius 1 is 1.44 bits per heavy atom. The van der Waals surface area contributed by atoms with Gasteiger partial charge in [0.1, 0.15) is 6.61 Å². The number of hydrogen-bond acceptors (Lipinski definition) is 4. The van der Waals surface area contributed by atoms with Crippen molar-refractivity contribution in [2.24, 2.45) is 5.92 Å². The highest BCUT2D eigenvalue weighted by Crippen LogP contribution is 2.35. The van der Waals surface area contributed by atoms with Crippen molar-refractivity contribution >= 4 is 17.7 Å². The molecule has 0 aromatic rings. The summed E-state index contributed by atoms with van der Waals surface area (Å²) >= 11 is 1.92. The first-order chi connectivity index (χ1) is 7.45. The van der Waals surface area contributed by atoms with Crippen LogP contribution in [0.25, 0.3) is 0 Å². The number of thioether (sulfide) groups is 1. The van der Waals surface area contributed by atoms with Crippen LogP contribution in [-0.4, -0.2) is 35.7 Å². The minimum atomic E-state index is -0.0874. The molecule has 1 rings (SSSR count). The van der Waals surface area contributed by atoms with Gasteiger partial charge in [-0.25, -0.2) is 0 Å². The van der Waals surface area contributed by atoms with Crippen LogP contribution in [0, 0.1) is 5.92 Å². The molecule has 1 aliphatic rings. The zero-order chi connectivity index (χ0) is 12.2. The van der Waals surface area contributed by atoms with Gasteiger partial charge in [-0.15, -0.1) is 11.8 Å². The molecule has 0 aromatic carbocycles. The Kier molecular flexibility index (Phi) is 5.12. The summed E-state index contributed by atoms with van der Waals surface area (Å²) in [5.74, 6) is -0.119. The van der Waals surface area contributed by atoms with Gasteiger partial charge in [0, 0.05) is 6.54 Å². The minimum absolute atomic E-state index is 0.0320. The van der Waals surface area contributed by atoms with E-state index in [2.05, 4.69) is 19.2 Å². The first-order valence-electron chi connectivity index (χ1n) is 6.00. The second kappa shape index (κ2) is 5.92. The Labute approximate surface area is 103 Å². The quantitative estimate of drug-likeness (QED) is 0.753. The third kappa shape index (κ3) is 3.98. The van der Waals surface area contributed by atoms with E-state index in [9.17, 15) is 4.79 Å². The molecule has 4 heteroatoms. The van der Waals surface area contributed by atoms with Gasteiger partial charge in [-0.3, -0.25) is 4.79 Å². The Morgan fingerprint density at radius 3 is 2.56 bits per heavy atom. The predicted molar refractivity (Wildman–Crippen MR) is 68.7 cm³/mol. The molecule has 1 atom stereocenters. The highest BCUT2D eigenvalue weighted by molar-refractivity contribution is 8.01. The average Bonchev–Trinajstić information content (AvgIpc) is 2.62. The second-order valence-corrected chi connectivity index (χ2v) is 7.08. The van der Waals surface area contributed by atoms with E-state index in [4.69, 9.17) is 4.74 Å². The fourth-order valence-electron chi connectivity index (χ4n) is 1.85. The van der Waals surface area contributed by atoms with E-state index in [1.54, 1.807) is 0 Å². The molecule has 0 amide bonds. The monoisotopic (exact) mass is 245 g/mol. The highest BCUT2D eigenvalue weighted by Gasteiger charge is 2.36. The van der Waals surface area contributed by atoms with Crippen molar-refractivity contribution in [2.75, 3.05) is 19.7 Å². The lowest BCUT2D eigenvalue weighted by Crippen LogP contribution is -2.36. The van der Waals surface area contributed by atoms with Gasteiger partial charge < -0.3 is 10.1 Å². The molecule has 16 heavy (non-hydrogen) atoms. The third-order valence-electron chi connectivity index (χ3n) is 2.64. The first kappa shape index (κ1) is 13.8. The maximum Gasteiger partial charge on any atom is 0.308 e. The summed E-state index contributed by atoms with van der Waals surface area (Å²) in [6, 6.07) is 0. The van der Waals surface area contributed by atoms with E-state index >= 15 is 0 Å². The molecule has 1 fully saturated rings. The van der Waals surface area contributed by atoms with E-state index < -0.39 is 0 Å². The number of nitrogens with one attached hydrogen (secondary N) is 1. The molecule has 1 saturated heterocycles. The Balaban J connectivity index is 2.48. The maximum absolute atomic E-state index is 11.5. The van der Waals surface area contributed by atoms with Crippen molar-refractivity contribution < 1.29 is 9.53 Å². The van der Waals surface area contributed by atoms with Crippen molar-refractivity contribution in [2.45, 2.75) is 44.1 Å². The lowest BCUT2D eigenvalue weighted by molar-refractivity contribution is -0.148. The fourth-order valence-corrected chi connectivity index (χ4v) is 3.38. The van der Waals surface area contributed by atoms with Gasteiger partial charge in [0.05, 0.1) is 10.7 Å². The molecular weight excluding hydrogens is 222 g/mol. The van der Waals surface area contributed by atoms with Crippen LogP contribution >= 0.6 is 11.8 Å². The maximum atomic E-state index is 11.5. The number of carbonyl (C=O) groups excluding carboxylic acids is 1. The summed E-state index contributed by atoms with van der Waals surface area (Å²) in [6.45, 7) is 10.6. The van der Waals surface area contributed by atoms with Crippen LogP contribution in [0.2, 0.25) is 0 Å².